The van der Waals surface area contributed by atoms with Gasteiger partial charge in [-0.25, -0.2) is 9.37 Å². The molecule has 1 atom stereocenters. The normalized spacial score (nSPS) is 11.9. The van der Waals surface area contributed by atoms with E-state index in [1.165, 1.54) is 6.07 Å². The highest BCUT2D eigenvalue weighted by atomic mass is 19.1. The van der Waals surface area contributed by atoms with Crippen molar-refractivity contribution in [3.05, 3.63) is 137 Å². The number of amides is 1. The number of hydrogen-bond acceptors (Lipinski definition) is 2. The van der Waals surface area contributed by atoms with Crippen LogP contribution in [0.25, 0.3) is 11.0 Å². The fourth-order valence-corrected chi connectivity index (χ4v) is 4.41. The van der Waals surface area contributed by atoms with E-state index in [-0.39, 0.29) is 11.7 Å². The van der Waals surface area contributed by atoms with Crippen LogP contribution in [-0.4, -0.2) is 15.5 Å². The number of benzene rings is 4. The lowest BCUT2D eigenvalue weighted by Gasteiger charge is -2.21. The number of fused-ring (bicyclic) bond motifs is 1. The fourth-order valence-electron chi connectivity index (χ4n) is 4.41. The minimum Gasteiger partial charge on any atom is -0.342 e. The molecule has 4 aromatic carbocycles. The van der Waals surface area contributed by atoms with Gasteiger partial charge in [0, 0.05) is 11.1 Å². The second-order valence-electron chi connectivity index (χ2n) is 8.72. The molecule has 0 bridgehead atoms. The molecule has 0 aliphatic heterocycles. The minimum atomic E-state index is -0.412. The largest absolute Gasteiger partial charge is 0.342 e. The van der Waals surface area contributed by atoms with E-state index in [4.69, 9.17) is 4.98 Å². The summed E-state index contributed by atoms with van der Waals surface area (Å²) in [5.41, 5.74) is 4.96. The Balaban J connectivity index is 1.59. The van der Waals surface area contributed by atoms with Crippen LogP contribution in [0.4, 0.5) is 4.39 Å². The Morgan fingerprint density at radius 2 is 1.66 bits per heavy atom. The van der Waals surface area contributed by atoms with E-state index in [0.717, 1.165) is 22.2 Å². The molecule has 0 aliphatic carbocycles. The molecule has 1 heterocycles. The molecule has 4 nitrogen and oxygen atoms in total. The Morgan fingerprint density at radius 3 is 2.46 bits per heavy atom. The van der Waals surface area contributed by atoms with Crippen molar-refractivity contribution in [3.8, 4) is 0 Å². The predicted octanol–water partition coefficient (Wildman–Crippen LogP) is 6.25. The maximum Gasteiger partial charge on any atom is 0.251 e. The van der Waals surface area contributed by atoms with E-state index < -0.39 is 6.04 Å². The summed E-state index contributed by atoms with van der Waals surface area (Å²) in [5.74, 6) is 0.262. The monoisotopic (exact) mass is 463 g/mol. The van der Waals surface area contributed by atoms with Crippen molar-refractivity contribution >= 4 is 16.9 Å². The summed E-state index contributed by atoms with van der Waals surface area (Å²) < 4.78 is 16.6. The highest BCUT2D eigenvalue weighted by molar-refractivity contribution is 5.94. The molecule has 174 valence electrons. The lowest BCUT2D eigenvalue weighted by Crippen LogP contribution is -2.32. The van der Waals surface area contributed by atoms with Crippen LogP contribution >= 0.6 is 0 Å². The van der Waals surface area contributed by atoms with Crippen molar-refractivity contribution in [2.75, 3.05) is 0 Å². The van der Waals surface area contributed by atoms with E-state index in [1.807, 2.05) is 96.4 Å². The van der Waals surface area contributed by atoms with Crippen LogP contribution in [0.2, 0.25) is 0 Å². The Hall–Kier alpha value is -4.25. The number of carbonyl (C=O) groups excluding carboxylic acids is 1. The Morgan fingerprint density at radius 1 is 0.914 bits per heavy atom. The van der Waals surface area contributed by atoms with Gasteiger partial charge in [-0.3, -0.25) is 4.79 Å². The van der Waals surface area contributed by atoms with Crippen LogP contribution in [0.5, 0.6) is 0 Å². The standard InChI is InChI=1S/C30H26FN3O/c1-21-10-9-14-23(18-21)30(35)33-27(19-22-11-3-2-4-12-22)29-32-26-16-7-8-17-28(26)34(29)20-24-13-5-6-15-25(24)31/h2-18,27H,19-20H2,1H3,(H,33,35)/t27-/m1/s1. The first-order chi connectivity index (χ1) is 17.1. The number of aromatic nitrogens is 2. The minimum absolute atomic E-state index is 0.167. The highest BCUT2D eigenvalue weighted by Gasteiger charge is 2.24. The van der Waals surface area contributed by atoms with E-state index >= 15 is 0 Å². The number of carbonyl (C=O) groups is 1. The lowest BCUT2D eigenvalue weighted by molar-refractivity contribution is 0.0934. The van der Waals surface area contributed by atoms with E-state index in [9.17, 15) is 9.18 Å². The number of para-hydroxylation sites is 2. The van der Waals surface area contributed by atoms with Crippen molar-refractivity contribution in [3.63, 3.8) is 0 Å². The van der Waals surface area contributed by atoms with Crippen LogP contribution in [0, 0.1) is 12.7 Å². The third-order valence-corrected chi connectivity index (χ3v) is 6.15. The number of rotatable bonds is 7. The zero-order valence-corrected chi connectivity index (χ0v) is 19.5. The van der Waals surface area contributed by atoms with Gasteiger partial charge >= 0.3 is 0 Å². The van der Waals surface area contributed by atoms with E-state index in [2.05, 4.69) is 5.32 Å². The molecule has 0 aliphatic rings. The van der Waals surface area contributed by atoms with Gasteiger partial charge in [0.1, 0.15) is 11.6 Å². The zero-order valence-electron chi connectivity index (χ0n) is 19.5. The summed E-state index contributed by atoms with van der Waals surface area (Å²) in [6, 6.07) is 31.7. The van der Waals surface area contributed by atoms with Crippen molar-refractivity contribution < 1.29 is 9.18 Å². The van der Waals surface area contributed by atoms with Crippen LogP contribution in [0.3, 0.4) is 0 Å². The molecule has 1 amide bonds. The number of nitrogens with one attached hydrogen (secondary N) is 1. The third-order valence-electron chi connectivity index (χ3n) is 6.15. The van der Waals surface area contributed by atoms with Crippen molar-refractivity contribution in [1.29, 1.82) is 0 Å². The predicted molar refractivity (Wildman–Crippen MR) is 137 cm³/mol. The van der Waals surface area contributed by atoms with Crippen LogP contribution < -0.4 is 5.32 Å². The second-order valence-corrected chi connectivity index (χ2v) is 8.72. The number of nitrogens with zero attached hydrogens (tertiary/aromatic N) is 2. The molecular weight excluding hydrogens is 437 g/mol. The summed E-state index contributed by atoms with van der Waals surface area (Å²) in [5, 5.41) is 3.21. The summed E-state index contributed by atoms with van der Waals surface area (Å²) in [4.78, 5) is 18.2. The van der Waals surface area contributed by atoms with Gasteiger partial charge in [-0.1, -0.05) is 78.4 Å². The molecule has 0 radical (unpaired) electrons. The average molecular weight is 464 g/mol. The highest BCUT2D eigenvalue weighted by Crippen LogP contribution is 2.26. The maximum absolute atomic E-state index is 14.6. The van der Waals surface area contributed by atoms with Crippen molar-refractivity contribution in [2.45, 2.75) is 25.9 Å². The molecule has 35 heavy (non-hydrogen) atoms. The molecule has 1 N–H and O–H groups in total. The Kier molecular flexibility index (Phi) is 6.40. The van der Waals surface area contributed by atoms with Crippen LogP contribution in [0.1, 0.15) is 38.9 Å². The van der Waals surface area contributed by atoms with Gasteiger partial charge in [0.05, 0.1) is 23.6 Å². The second kappa shape index (κ2) is 9.94. The summed E-state index contributed by atoms with van der Waals surface area (Å²) in [6.07, 6.45) is 0.555. The molecule has 0 unspecified atom stereocenters. The molecular formula is C30H26FN3O. The van der Waals surface area contributed by atoms with Crippen LogP contribution in [0.15, 0.2) is 103 Å². The van der Waals surface area contributed by atoms with Gasteiger partial charge in [-0.05, 0) is 49.2 Å². The van der Waals surface area contributed by atoms with Gasteiger partial charge in [-0.15, -0.1) is 0 Å². The molecule has 0 fully saturated rings. The van der Waals surface area contributed by atoms with Gasteiger partial charge in [0.15, 0.2) is 0 Å². The smallest absolute Gasteiger partial charge is 0.251 e. The third kappa shape index (κ3) is 4.99. The zero-order chi connectivity index (χ0) is 24.2. The van der Waals surface area contributed by atoms with Gasteiger partial charge in [0.2, 0.25) is 0 Å². The Bertz CT molecular complexity index is 1480. The SMILES string of the molecule is Cc1cccc(C(=O)N[C@H](Cc2ccccc2)c2nc3ccccc3n2Cc2ccccc2F)c1. The number of halogens is 1. The topological polar surface area (TPSA) is 46.9 Å². The molecule has 5 heteroatoms. The number of imidazole rings is 1. The van der Waals surface area contributed by atoms with Gasteiger partial charge in [0.25, 0.3) is 5.91 Å². The molecule has 1 aromatic heterocycles. The number of aryl methyl sites for hydroxylation is 1. The first-order valence-corrected chi connectivity index (χ1v) is 11.7. The average Bonchev–Trinajstić information content (AvgIpc) is 3.24. The van der Waals surface area contributed by atoms with Crippen LogP contribution in [-0.2, 0) is 13.0 Å². The van der Waals surface area contributed by atoms with E-state index in [1.54, 1.807) is 12.1 Å². The fraction of sp³-hybridized carbons (Fsp3) is 0.133. The van der Waals surface area contributed by atoms with Crippen molar-refractivity contribution in [1.82, 2.24) is 14.9 Å². The molecule has 0 saturated heterocycles. The first-order valence-electron chi connectivity index (χ1n) is 11.7. The summed E-state index contributed by atoms with van der Waals surface area (Å²) in [6.45, 7) is 2.28. The van der Waals surface area contributed by atoms with Gasteiger partial charge < -0.3 is 9.88 Å². The Labute approximate surface area is 204 Å². The molecule has 0 saturated carbocycles. The molecule has 0 spiro atoms. The summed E-state index contributed by atoms with van der Waals surface area (Å²) >= 11 is 0. The molecule has 5 rings (SSSR count). The van der Waals surface area contributed by atoms with E-state index in [0.29, 0.717) is 29.9 Å². The molecule has 5 aromatic rings. The lowest BCUT2D eigenvalue weighted by atomic mass is 10.0. The number of hydrogen-bond donors (Lipinski definition) is 1. The first kappa shape index (κ1) is 22.5. The van der Waals surface area contributed by atoms with Gasteiger partial charge in [-0.2, -0.15) is 0 Å². The summed E-state index contributed by atoms with van der Waals surface area (Å²) in [7, 11) is 0. The maximum atomic E-state index is 14.6. The van der Waals surface area contributed by atoms with Crippen molar-refractivity contribution in [2.24, 2.45) is 0 Å². The quantitative estimate of drug-likeness (QED) is 0.310.